The molecule has 0 aromatic heterocycles. The molecule has 1 atom stereocenters. The van der Waals surface area contributed by atoms with Crippen LogP contribution in [0.2, 0.25) is 0 Å². The van der Waals surface area contributed by atoms with E-state index in [2.05, 4.69) is 234 Å². The number of anilines is 2. The van der Waals surface area contributed by atoms with Crippen LogP contribution in [0.15, 0.2) is 253 Å². The zero-order chi connectivity index (χ0) is 43.9. The van der Waals surface area contributed by atoms with Crippen LogP contribution >= 0.6 is 0 Å². The molecule has 0 fully saturated rings. The highest BCUT2D eigenvalue weighted by molar-refractivity contribution is 5.78. The smallest absolute Gasteiger partial charge is 0.0569 e. The molecule has 0 saturated carbocycles. The summed E-state index contributed by atoms with van der Waals surface area (Å²) in [5.41, 5.74) is 16.7. The monoisotopic (exact) mass is 812 g/mol. The maximum atomic E-state index is 4.12. The van der Waals surface area contributed by atoms with Gasteiger partial charge < -0.3 is 4.90 Å². The summed E-state index contributed by atoms with van der Waals surface area (Å²) in [4.78, 5) is 2.42. The molecule has 62 heavy (non-hydrogen) atoms. The van der Waals surface area contributed by atoms with Gasteiger partial charge in [-0.15, -0.1) is 0 Å². The topological polar surface area (TPSA) is 3.24 Å². The number of hydrogen-bond donors (Lipinski definition) is 0. The Morgan fingerprint density at radius 3 is 1.79 bits per heavy atom. The van der Waals surface area contributed by atoms with Crippen LogP contribution in [0.5, 0.6) is 0 Å². The molecule has 0 spiro atoms. The fourth-order valence-corrected chi connectivity index (χ4v) is 7.82. The Hall–Kier alpha value is -6.70. The minimum absolute atomic E-state index is 0.0589. The molecule has 1 unspecified atom stereocenters. The molecule has 314 valence electrons. The summed E-state index contributed by atoms with van der Waals surface area (Å²) < 4.78 is 0. The maximum Gasteiger partial charge on any atom is 0.0569 e. The fraction of sp³-hybridized carbons (Fsp3) is 0.180. The lowest BCUT2D eigenvalue weighted by molar-refractivity contribution is 0.825. The van der Waals surface area contributed by atoms with E-state index in [1.165, 1.54) is 68.5 Å². The number of para-hydroxylation sites is 2. The average Bonchev–Trinajstić information content (AvgIpc) is 3.49. The van der Waals surface area contributed by atoms with Gasteiger partial charge in [0.05, 0.1) is 6.04 Å². The van der Waals surface area contributed by atoms with Gasteiger partial charge in [0.15, 0.2) is 0 Å². The first-order chi connectivity index (χ1) is 30.2. The first kappa shape index (κ1) is 46.4. The van der Waals surface area contributed by atoms with Gasteiger partial charge >= 0.3 is 0 Å². The number of benzene rings is 5. The second kappa shape index (κ2) is 25.2. The van der Waals surface area contributed by atoms with Crippen LogP contribution in [0.25, 0.3) is 5.57 Å². The van der Waals surface area contributed by atoms with Gasteiger partial charge in [-0.25, -0.2) is 0 Å². The lowest BCUT2D eigenvalue weighted by Crippen LogP contribution is -2.30. The van der Waals surface area contributed by atoms with Crippen LogP contribution in [0.1, 0.15) is 67.9 Å². The SMILES string of the molecule is C=C(C)/C=C\C=C/Cc1ccccc1.C=C/C=C(/C1=CC=C(Cc2ccccc2)CC(c2c(C)cccc2C)=C1)C(C)N(c1ccccc1)c1ccccc1.CC1=CCCC=C1. The Labute approximate surface area is 374 Å². The van der Waals surface area contributed by atoms with E-state index >= 15 is 0 Å². The molecule has 0 bridgehead atoms. The molecular formula is C61H65N. The van der Waals surface area contributed by atoms with Crippen LogP contribution in [-0.2, 0) is 12.8 Å². The average molecular weight is 812 g/mol. The number of aryl methyl sites for hydroxylation is 2. The maximum absolute atomic E-state index is 4.12. The zero-order valence-electron chi connectivity index (χ0n) is 37.7. The molecule has 0 heterocycles. The summed E-state index contributed by atoms with van der Waals surface area (Å²) in [6.07, 6.45) is 31.4. The van der Waals surface area contributed by atoms with E-state index < -0.39 is 0 Å². The first-order valence-corrected chi connectivity index (χ1v) is 22.0. The Balaban J connectivity index is 0.000000282. The zero-order valence-corrected chi connectivity index (χ0v) is 37.7. The molecule has 0 saturated heterocycles. The fourth-order valence-electron chi connectivity index (χ4n) is 7.82. The van der Waals surface area contributed by atoms with Crippen molar-refractivity contribution in [3.8, 4) is 0 Å². The van der Waals surface area contributed by atoms with Crippen molar-refractivity contribution in [1.82, 2.24) is 0 Å². The van der Waals surface area contributed by atoms with Crippen LogP contribution in [-0.4, -0.2) is 6.04 Å². The lowest BCUT2D eigenvalue weighted by atomic mass is 9.88. The number of nitrogens with zero attached hydrogens (tertiary/aromatic N) is 1. The van der Waals surface area contributed by atoms with Gasteiger partial charge in [-0.05, 0) is 136 Å². The van der Waals surface area contributed by atoms with Crippen LogP contribution in [0, 0.1) is 13.8 Å². The Morgan fingerprint density at radius 1 is 0.694 bits per heavy atom. The van der Waals surface area contributed by atoms with Crippen molar-refractivity contribution in [3.05, 3.63) is 281 Å². The third-order valence-corrected chi connectivity index (χ3v) is 10.9. The van der Waals surface area contributed by atoms with Gasteiger partial charge in [-0.2, -0.15) is 0 Å². The van der Waals surface area contributed by atoms with Crippen molar-refractivity contribution in [2.24, 2.45) is 0 Å². The number of hydrogen-bond acceptors (Lipinski definition) is 1. The van der Waals surface area contributed by atoms with Crippen molar-refractivity contribution < 1.29 is 0 Å². The third-order valence-electron chi connectivity index (χ3n) is 10.9. The molecule has 5 aromatic carbocycles. The lowest BCUT2D eigenvalue weighted by Gasteiger charge is -2.34. The summed E-state index contributed by atoms with van der Waals surface area (Å²) >= 11 is 0. The van der Waals surface area contributed by atoms with Crippen molar-refractivity contribution in [3.63, 3.8) is 0 Å². The molecule has 0 amide bonds. The quantitative estimate of drug-likeness (QED) is 0.107. The number of rotatable bonds is 13. The second-order valence-corrected chi connectivity index (χ2v) is 16.0. The highest BCUT2D eigenvalue weighted by Crippen LogP contribution is 2.37. The molecule has 2 aliphatic rings. The molecule has 0 aliphatic heterocycles. The first-order valence-electron chi connectivity index (χ1n) is 22.0. The van der Waals surface area contributed by atoms with Crippen LogP contribution in [0.4, 0.5) is 11.4 Å². The van der Waals surface area contributed by atoms with Gasteiger partial charge in [0.25, 0.3) is 0 Å². The van der Waals surface area contributed by atoms with Gasteiger partial charge in [0, 0.05) is 11.4 Å². The Bertz CT molecular complexity index is 2370. The molecule has 5 aromatic rings. The van der Waals surface area contributed by atoms with Crippen molar-refractivity contribution >= 4 is 16.9 Å². The normalized spacial score (nSPS) is 14.2. The number of allylic oxidation sites excluding steroid dienone is 16. The predicted molar refractivity (Wildman–Crippen MR) is 273 cm³/mol. The van der Waals surface area contributed by atoms with E-state index in [1.54, 1.807) is 0 Å². The summed E-state index contributed by atoms with van der Waals surface area (Å²) in [6.45, 7) is 18.8. The third kappa shape index (κ3) is 14.8. The van der Waals surface area contributed by atoms with Crippen molar-refractivity contribution in [2.75, 3.05) is 4.90 Å². The molecule has 0 N–H and O–H groups in total. The molecule has 2 aliphatic carbocycles. The molecule has 7 rings (SSSR count). The molecule has 1 nitrogen and oxygen atoms in total. The Kier molecular flexibility index (Phi) is 18.8. The van der Waals surface area contributed by atoms with E-state index in [0.717, 1.165) is 36.2 Å². The highest BCUT2D eigenvalue weighted by Gasteiger charge is 2.24. The molecule has 0 radical (unpaired) electrons. The molecular weight excluding hydrogens is 747 g/mol. The largest absolute Gasteiger partial charge is 0.334 e. The Morgan fingerprint density at radius 2 is 1.27 bits per heavy atom. The van der Waals surface area contributed by atoms with E-state index in [-0.39, 0.29) is 6.04 Å². The summed E-state index contributed by atoms with van der Waals surface area (Å²) in [5, 5.41) is 0. The van der Waals surface area contributed by atoms with E-state index in [1.807, 2.05) is 31.2 Å². The minimum Gasteiger partial charge on any atom is -0.334 e. The van der Waals surface area contributed by atoms with E-state index in [0.29, 0.717) is 0 Å². The van der Waals surface area contributed by atoms with Gasteiger partial charge in [-0.1, -0.05) is 218 Å². The summed E-state index contributed by atoms with van der Waals surface area (Å²) in [5.74, 6) is 0. The predicted octanol–water partition coefficient (Wildman–Crippen LogP) is 16.7. The standard InChI is InChI=1S/C40H39N.C14H16.C7H10/c1-5-16-39(32(4)41(37-21-11-7-12-22-37)38-23-13-8-14-24-38)35-26-25-34(27-33-19-9-6-10-20-33)28-36(29-35)40-30(2)17-15-18-31(40)3;1-13(2)9-5-3-6-10-14-11-7-4-8-12-14;1-7-5-3-2-4-6-7/h5-26,29,32H,1,27-28H2,2-4H3;3-9,11-12H,1,10H2,2H3;3,5-6H,2,4H2,1H3/b39-16+;6-3-,9-5-;. The van der Waals surface area contributed by atoms with Crippen molar-refractivity contribution in [1.29, 1.82) is 0 Å². The minimum atomic E-state index is 0.0589. The summed E-state index contributed by atoms with van der Waals surface area (Å²) in [7, 11) is 0. The van der Waals surface area contributed by atoms with E-state index in [9.17, 15) is 0 Å². The molecule has 1 heteroatoms. The summed E-state index contributed by atoms with van der Waals surface area (Å²) in [6, 6.07) is 49.2. The van der Waals surface area contributed by atoms with Gasteiger partial charge in [0.1, 0.15) is 0 Å². The van der Waals surface area contributed by atoms with Crippen molar-refractivity contribution in [2.45, 2.75) is 72.8 Å². The van der Waals surface area contributed by atoms with Gasteiger partial charge in [-0.3, -0.25) is 0 Å². The van der Waals surface area contributed by atoms with E-state index in [4.69, 9.17) is 0 Å². The second-order valence-electron chi connectivity index (χ2n) is 16.0. The van der Waals surface area contributed by atoms with Crippen LogP contribution in [0.3, 0.4) is 0 Å². The highest BCUT2D eigenvalue weighted by atomic mass is 15.2. The van der Waals surface area contributed by atoms with Crippen LogP contribution < -0.4 is 4.90 Å². The van der Waals surface area contributed by atoms with Gasteiger partial charge in [0.2, 0.25) is 0 Å².